The highest BCUT2D eigenvalue weighted by atomic mass is 16.1. The van der Waals surface area contributed by atoms with E-state index in [9.17, 15) is 4.79 Å². The van der Waals surface area contributed by atoms with Gasteiger partial charge in [0.1, 0.15) is 0 Å². The molecule has 0 saturated carbocycles. The fourth-order valence-electron chi connectivity index (χ4n) is 2.19. The van der Waals surface area contributed by atoms with Crippen LogP contribution in [0.15, 0.2) is 66.7 Å². The summed E-state index contributed by atoms with van der Waals surface area (Å²) in [5, 5.41) is 2.93. The predicted molar refractivity (Wildman–Crippen MR) is 92.8 cm³/mol. The highest BCUT2D eigenvalue weighted by molar-refractivity contribution is 5.94. The molecule has 3 nitrogen and oxygen atoms in total. The largest absolute Gasteiger partial charge is 0.373 e. The molecule has 0 heterocycles. The smallest absolute Gasteiger partial charge is 0.244 e. The van der Waals surface area contributed by atoms with Crippen molar-refractivity contribution in [3.05, 3.63) is 72.3 Å². The van der Waals surface area contributed by atoms with Gasteiger partial charge in [-0.2, -0.15) is 0 Å². The highest BCUT2D eigenvalue weighted by Crippen LogP contribution is 2.12. The molecule has 0 bridgehead atoms. The van der Waals surface area contributed by atoms with Crippen LogP contribution in [-0.4, -0.2) is 26.0 Å². The summed E-state index contributed by atoms with van der Waals surface area (Å²) in [7, 11) is 2.02. The predicted octanol–water partition coefficient (Wildman–Crippen LogP) is 3.34. The molecule has 0 aliphatic heterocycles. The van der Waals surface area contributed by atoms with Crippen molar-refractivity contribution in [2.75, 3.05) is 25.0 Å². The Hall–Kier alpha value is -2.55. The topological polar surface area (TPSA) is 32.3 Å². The molecule has 0 fully saturated rings. The molecule has 0 aliphatic carbocycles. The molecule has 0 aromatic heterocycles. The molecule has 1 amide bonds. The quantitative estimate of drug-likeness (QED) is 0.829. The molecule has 0 radical (unpaired) electrons. The summed E-state index contributed by atoms with van der Waals surface area (Å²) in [6, 6.07) is 20.0. The standard InChI is InChI=1S/C19H22N2O/c1-16(17-9-5-3-6-10-17)15-19(22)20-13-14-21(2)18-11-7-4-8-12-18/h3-12,15H,13-14H2,1-2H3,(H,20,22)/b16-15+. The monoisotopic (exact) mass is 294 g/mol. The first-order valence-corrected chi connectivity index (χ1v) is 7.44. The van der Waals surface area contributed by atoms with Crippen LogP contribution < -0.4 is 10.2 Å². The molecule has 0 saturated heterocycles. The number of anilines is 1. The minimum absolute atomic E-state index is 0.0529. The third-order valence-corrected chi connectivity index (χ3v) is 3.52. The van der Waals surface area contributed by atoms with Gasteiger partial charge in [0.25, 0.3) is 0 Å². The molecule has 3 heteroatoms. The molecule has 0 atom stereocenters. The van der Waals surface area contributed by atoms with Crippen molar-refractivity contribution < 1.29 is 4.79 Å². The summed E-state index contributed by atoms with van der Waals surface area (Å²) >= 11 is 0. The van der Waals surface area contributed by atoms with Gasteiger partial charge >= 0.3 is 0 Å². The molecule has 0 unspecified atom stereocenters. The first kappa shape index (κ1) is 15.8. The SMILES string of the molecule is C/C(=C\C(=O)NCCN(C)c1ccccc1)c1ccccc1. The molecule has 22 heavy (non-hydrogen) atoms. The molecule has 2 aromatic carbocycles. The normalized spacial score (nSPS) is 11.1. The average Bonchev–Trinajstić information content (AvgIpc) is 2.56. The van der Waals surface area contributed by atoms with Crippen molar-refractivity contribution in [2.24, 2.45) is 0 Å². The summed E-state index contributed by atoms with van der Waals surface area (Å²) in [5.74, 6) is -0.0529. The maximum absolute atomic E-state index is 11.9. The Morgan fingerprint density at radius 2 is 1.64 bits per heavy atom. The van der Waals surface area contributed by atoms with E-state index >= 15 is 0 Å². The minimum Gasteiger partial charge on any atom is -0.373 e. The van der Waals surface area contributed by atoms with Crippen LogP contribution in [0.1, 0.15) is 12.5 Å². The maximum Gasteiger partial charge on any atom is 0.244 e. The number of nitrogens with one attached hydrogen (secondary N) is 1. The number of amides is 1. The van der Waals surface area contributed by atoms with Crippen molar-refractivity contribution in [3.8, 4) is 0 Å². The molecular weight excluding hydrogens is 272 g/mol. The molecule has 2 aromatic rings. The summed E-state index contributed by atoms with van der Waals surface area (Å²) in [6.07, 6.45) is 1.65. The van der Waals surface area contributed by atoms with Gasteiger partial charge in [0, 0.05) is 31.9 Å². The number of para-hydroxylation sites is 1. The van der Waals surface area contributed by atoms with E-state index < -0.39 is 0 Å². The Morgan fingerprint density at radius 3 is 2.27 bits per heavy atom. The summed E-state index contributed by atoms with van der Waals surface area (Å²) in [4.78, 5) is 14.1. The van der Waals surface area contributed by atoms with Gasteiger partial charge in [-0.1, -0.05) is 48.5 Å². The number of hydrogen-bond donors (Lipinski definition) is 1. The van der Waals surface area contributed by atoms with E-state index in [0.29, 0.717) is 6.54 Å². The summed E-state index contributed by atoms with van der Waals surface area (Å²) < 4.78 is 0. The zero-order chi connectivity index (χ0) is 15.8. The van der Waals surface area contributed by atoms with Gasteiger partial charge in [-0.05, 0) is 30.2 Å². The summed E-state index contributed by atoms with van der Waals surface area (Å²) in [5.41, 5.74) is 3.18. The molecular formula is C19H22N2O. The van der Waals surface area contributed by atoms with Crippen LogP contribution >= 0.6 is 0 Å². The van der Waals surface area contributed by atoms with E-state index in [4.69, 9.17) is 0 Å². The van der Waals surface area contributed by atoms with Crippen molar-refractivity contribution in [3.63, 3.8) is 0 Å². The lowest BCUT2D eigenvalue weighted by atomic mass is 10.1. The fourth-order valence-corrected chi connectivity index (χ4v) is 2.19. The van der Waals surface area contributed by atoms with E-state index in [2.05, 4.69) is 22.3 Å². The Kier molecular flexibility index (Phi) is 5.78. The molecule has 1 N–H and O–H groups in total. The Bertz CT molecular complexity index is 620. The second-order valence-corrected chi connectivity index (χ2v) is 5.24. The van der Waals surface area contributed by atoms with Crippen LogP contribution in [0.3, 0.4) is 0 Å². The highest BCUT2D eigenvalue weighted by Gasteiger charge is 2.02. The van der Waals surface area contributed by atoms with E-state index in [0.717, 1.165) is 23.4 Å². The number of carbonyl (C=O) groups is 1. The van der Waals surface area contributed by atoms with Gasteiger partial charge in [0.05, 0.1) is 0 Å². The van der Waals surface area contributed by atoms with Crippen LogP contribution in [-0.2, 0) is 4.79 Å². The zero-order valence-corrected chi connectivity index (χ0v) is 13.1. The number of carbonyl (C=O) groups excluding carboxylic acids is 1. The molecule has 114 valence electrons. The number of rotatable bonds is 6. The van der Waals surface area contributed by atoms with Crippen LogP contribution in [0.25, 0.3) is 5.57 Å². The maximum atomic E-state index is 11.9. The molecule has 0 aliphatic rings. The van der Waals surface area contributed by atoms with Crippen LogP contribution in [0.5, 0.6) is 0 Å². The van der Waals surface area contributed by atoms with E-state index in [1.165, 1.54) is 0 Å². The number of nitrogens with zero attached hydrogens (tertiary/aromatic N) is 1. The van der Waals surface area contributed by atoms with Gasteiger partial charge in [-0.3, -0.25) is 4.79 Å². The third kappa shape index (κ3) is 4.77. The minimum atomic E-state index is -0.0529. The number of allylic oxidation sites excluding steroid dienone is 1. The lowest BCUT2D eigenvalue weighted by Gasteiger charge is -2.19. The second kappa shape index (κ2) is 8.03. The van der Waals surface area contributed by atoms with Crippen LogP contribution in [0.4, 0.5) is 5.69 Å². The van der Waals surface area contributed by atoms with Crippen molar-refractivity contribution in [2.45, 2.75) is 6.92 Å². The first-order valence-electron chi connectivity index (χ1n) is 7.44. The van der Waals surface area contributed by atoms with Gasteiger partial charge < -0.3 is 10.2 Å². The lowest BCUT2D eigenvalue weighted by Crippen LogP contribution is -2.32. The van der Waals surface area contributed by atoms with Crippen molar-refractivity contribution >= 4 is 17.2 Å². The van der Waals surface area contributed by atoms with Crippen molar-refractivity contribution in [1.29, 1.82) is 0 Å². The van der Waals surface area contributed by atoms with E-state index in [-0.39, 0.29) is 5.91 Å². The zero-order valence-electron chi connectivity index (χ0n) is 13.1. The first-order chi connectivity index (χ1) is 10.7. The van der Waals surface area contributed by atoms with Crippen molar-refractivity contribution in [1.82, 2.24) is 5.32 Å². The Morgan fingerprint density at radius 1 is 1.05 bits per heavy atom. The van der Waals surface area contributed by atoms with Gasteiger partial charge in [0.15, 0.2) is 0 Å². The summed E-state index contributed by atoms with van der Waals surface area (Å²) in [6.45, 7) is 3.34. The molecule has 2 rings (SSSR count). The Balaban J connectivity index is 1.81. The van der Waals surface area contributed by atoms with Gasteiger partial charge in [-0.15, -0.1) is 0 Å². The van der Waals surface area contributed by atoms with E-state index in [1.807, 2.05) is 62.5 Å². The molecule has 0 spiro atoms. The number of likely N-dealkylation sites (N-methyl/N-ethyl adjacent to an activating group) is 1. The van der Waals surface area contributed by atoms with Gasteiger partial charge in [-0.25, -0.2) is 0 Å². The lowest BCUT2D eigenvalue weighted by molar-refractivity contribution is -0.116. The third-order valence-electron chi connectivity index (χ3n) is 3.52. The Labute approximate surface area is 132 Å². The average molecular weight is 294 g/mol. The number of benzene rings is 2. The number of hydrogen-bond acceptors (Lipinski definition) is 2. The van der Waals surface area contributed by atoms with E-state index in [1.54, 1.807) is 6.08 Å². The fraction of sp³-hybridized carbons (Fsp3) is 0.211. The second-order valence-electron chi connectivity index (χ2n) is 5.24. The van der Waals surface area contributed by atoms with Gasteiger partial charge in [0.2, 0.25) is 5.91 Å². The van der Waals surface area contributed by atoms with Crippen LogP contribution in [0, 0.1) is 0 Å². The van der Waals surface area contributed by atoms with Crippen LogP contribution in [0.2, 0.25) is 0 Å².